The van der Waals surface area contributed by atoms with E-state index in [0.29, 0.717) is 50.0 Å². The van der Waals surface area contributed by atoms with Gasteiger partial charge in [-0.05, 0) is 77.8 Å². The maximum absolute atomic E-state index is 7.70. The van der Waals surface area contributed by atoms with Crippen LogP contribution in [-0.2, 0) is 68.6 Å². The maximum Gasteiger partial charge on any atom is 0.130 e. The van der Waals surface area contributed by atoms with Crippen molar-refractivity contribution in [1.82, 2.24) is 0 Å². The molecule has 2 heterocycles. The van der Waals surface area contributed by atoms with Crippen LogP contribution in [0.5, 0.6) is 5.75 Å². The molecule has 6 aromatic carbocycles. The molecule has 1 saturated heterocycles. The van der Waals surface area contributed by atoms with Gasteiger partial charge in [0.05, 0.1) is 33.0 Å². The molecule has 8 rings (SSSR count). The largest absolute Gasteiger partial charge is 0.487 e. The molecule has 0 aromatic heterocycles. The van der Waals surface area contributed by atoms with Gasteiger partial charge in [-0.1, -0.05) is 164 Å². The van der Waals surface area contributed by atoms with Crippen LogP contribution in [0.4, 0.5) is 0 Å². The molecule has 0 aliphatic carbocycles. The van der Waals surface area contributed by atoms with Gasteiger partial charge in [-0.25, -0.2) is 0 Å². The van der Waals surface area contributed by atoms with Gasteiger partial charge >= 0.3 is 0 Å². The first-order chi connectivity index (χ1) is 29.3. The lowest BCUT2D eigenvalue weighted by molar-refractivity contribution is -0.324. The molecule has 0 bridgehead atoms. The van der Waals surface area contributed by atoms with Gasteiger partial charge in [-0.15, -0.1) is 0 Å². The van der Waals surface area contributed by atoms with E-state index in [9.17, 15) is 0 Å². The average Bonchev–Trinajstić information content (AvgIpc) is 3.27. The van der Waals surface area contributed by atoms with E-state index in [-0.39, 0.29) is 6.61 Å². The summed E-state index contributed by atoms with van der Waals surface area (Å²) < 4.78 is 42.6. The Morgan fingerprint density at radius 2 is 1.08 bits per heavy atom. The lowest BCUT2D eigenvalue weighted by Crippen LogP contribution is -2.68. The van der Waals surface area contributed by atoms with Gasteiger partial charge in [0.15, 0.2) is 0 Å². The molecule has 0 amide bonds. The second kappa shape index (κ2) is 19.3. The lowest BCUT2D eigenvalue weighted by atomic mass is 9.71. The minimum absolute atomic E-state index is 0.257. The Bertz CT molecular complexity index is 2250. The van der Waals surface area contributed by atoms with Crippen LogP contribution in [0.1, 0.15) is 71.7 Å². The third-order valence-electron chi connectivity index (χ3n) is 11.6. The fraction of sp³-hybridized carbons (Fsp3) is 0.321. The first kappa shape index (κ1) is 41.9. The van der Waals surface area contributed by atoms with Crippen molar-refractivity contribution in [1.29, 1.82) is 0 Å². The van der Waals surface area contributed by atoms with Crippen molar-refractivity contribution in [2.75, 3.05) is 6.61 Å². The van der Waals surface area contributed by atoms with Crippen LogP contribution in [0.3, 0.4) is 0 Å². The molecule has 0 saturated carbocycles. The van der Waals surface area contributed by atoms with E-state index in [0.717, 1.165) is 39.8 Å². The summed E-state index contributed by atoms with van der Waals surface area (Å²) >= 11 is 7.18. The van der Waals surface area contributed by atoms with E-state index in [4.69, 9.17) is 40.0 Å². The molecule has 7 heteroatoms. The summed E-state index contributed by atoms with van der Waals surface area (Å²) in [6.07, 6.45) is -0.273. The molecule has 6 nitrogen and oxygen atoms in total. The summed E-state index contributed by atoms with van der Waals surface area (Å²) in [5.41, 5.74) is 6.82. The highest BCUT2D eigenvalue weighted by Crippen LogP contribution is 2.54. The van der Waals surface area contributed by atoms with Crippen molar-refractivity contribution >= 4 is 11.6 Å². The van der Waals surface area contributed by atoms with Crippen molar-refractivity contribution in [2.45, 2.75) is 102 Å². The summed E-state index contributed by atoms with van der Waals surface area (Å²) in [5.74, 6) is 0.670. The fourth-order valence-electron chi connectivity index (χ4n) is 8.64. The number of halogens is 1. The Labute approximate surface area is 360 Å². The molecule has 1 spiro atoms. The van der Waals surface area contributed by atoms with Gasteiger partial charge in [0.25, 0.3) is 0 Å². The monoisotopic (exact) mass is 822 g/mol. The number of aryl methyl sites for hydroxylation is 1. The number of rotatable bonds is 16. The predicted octanol–water partition coefficient (Wildman–Crippen LogP) is 11.6. The molecular formula is C53H55ClO6. The highest BCUT2D eigenvalue weighted by Gasteiger charge is 2.62. The van der Waals surface area contributed by atoms with Crippen LogP contribution >= 0.6 is 11.6 Å². The van der Waals surface area contributed by atoms with Crippen molar-refractivity contribution in [3.05, 3.63) is 207 Å². The van der Waals surface area contributed by atoms with Crippen LogP contribution in [-0.4, -0.2) is 36.6 Å². The quantitative estimate of drug-likeness (QED) is 0.0969. The summed E-state index contributed by atoms with van der Waals surface area (Å²) in [6, 6.07) is 53.9. The Balaban J connectivity index is 1.26. The molecule has 2 aliphatic rings. The Kier molecular flexibility index (Phi) is 13.5. The molecule has 0 N–H and O–H groups in total. The SMILES string of the molecule is CCc1ccc(Cc2cc3c(cc2Cl)OC(C)(C)CC32O[C@H](COCc3ccccc3)[C@@H](OCc3ccccc3)[C@H](OCc3ccccc3)[C@H]2OCc2ccccc2)cc1. The van der Waals surface area contributed by atoms with E-state index in [1.54, 1.807) is 0 Å². The van der Waals surface area contributed by atoms with Gasteiger partial charge in [-0.2, -0.15) is 0 Å². The Morgan fingerprint density at radius 1 is 0.583 bits per heavy atom. The second-order valence-corrected chi connectivity index (χ2v) is 17.0. The van der Waals surface area contributed by atoms with Gasteiger partial charge in [0.1, 0.15) is 41.4 Å². The van der Waals surface area contributed by atoms with E-state index in [1.807, 2.05) is 78.9 Å². The number of ether oxygens (including phenoxy) is 6. The summed E-state index contributed by atoms with van der Waals surface area (Å²) in [6.45, 7) is 8.10. The standard InChI is InChI=1S/C53H55ClO6/c1-4-38-25-27-39(28-26-38)29-44-30-45-47(31-46(44)54)59-52(2,3)37-53(45)51(58-35-43-23-15-8-16-24-43)50(57-34-42-21-13-7-14-22-42)49(56-33-41-19-11-6-12-20-41)48(60-53)36-55-32-40-17-9-5-10-18-40/h5-28,30-31,48-51H,4,29,32-37H2,1-3H3/t48-,49-,50+,51-,53?/m1/s1. The second-order valence-electron chi connectivity index (χ2n) is 16.6. The van der Waals surface area contributed by atoms with E-state index in [1.165, 1.54) is 11.1 Å². The smallest absolute Gasteiger partial charge is 0.130 e. The molecule has 6 aromatic rings. The van der Waals surface area contributed by atoms with Crippen molar-refractivity contribution in [3.8, 4) is 5.75 Å². The summed E-state index contributed by atoms with van der Waals surface area (Å²) in [4.78, 5) is 0. The van der Waals surface area contributed by atoms with Gasteiger partial charge in [-0.3, -0.25) is 0 Å². The van der Waals surface area contributed by atoms with Crippen LogP contribution < -0.4 is 4.74 Å². The van der Waals surface area contributed by atoms with Crippen LogP contribution in [0.15, 0.2) is 158 Å². The number of hydrogen-bond acceptors (Lipinski definition) is 6. The molecule has 310 valence electrons. The van der Waals surface area contributed by atoms with Crippen LogP contribution in [0.2, 0.25) is 5.02 Å². The van der Waals surface area contributed by atoms with Crippen LogP contribution in [0, 0.1) is 0 Å². The third-order valence-corrected chi connectivity index (χ3v) is 11.9. The van der Waals surface area contributed by atoms with E-state index >= 15 is 0 Å². The van der Waals surface area contributed by atoms with E-state index < -0.39 is 35.6 Å². The molecule has 0 radical (unpaired) electrons. The number of benzene rings is 6. The van der Waals surface area contributed by atoms with Crippen molar-refractivity contribution < 1.29 is 28.4 Å². The zero-order valence-electron chi connectivity index (χ0n) is 34.8. The highest BCUT2D eigenvalue weighted by atomic mass is 35.5. The zero-order chi connectivity index (χ0) is 41.4. The molecule has 60 heavy (non-hydrogen) atoms. The topological polar surface area (TPSA) is 55.4 Å². The minimum atomic E-state index is -1.06. The molecule has 2 aliphatic heterocycles. The first-order valence-electron chi connectivity index (χ1n) is 21.1. The fourth-order valence-corrected chi connectivity index (χ4v) is 8.86. The maximum atomic E-state index is 7.70. The molecule has 1 unspecified atom stereocenters. The Morgan fingerprint density at radius 3 is 1.63 bits per heavy atom. The van der Waals surface area contributed by atoms with Gasteiger partial charge in [0.2, 0.25) is 0 Å². The number of fused-ring (bicyclic) bond motifs is 2. The zero-order valence-corrected chi connectivity index (χ0v) is 35.6. The number of hydrogen-bond donors (Lipinski definition) is 0. The van der Waals surface area contributed by atoms with Crippen molar-refractivity contribution in [3.63, 3.8) is 0 Å². The summed E-state index contributed by atoms with van der Waals surface area (Å²) in [7, 11) is 0. The Hall–Kier alpha value is -4.79. The first-order valence-corrected chi connectivity index (χ1v) is 21.5. The third kappa shape index (κ3) is 10.0. The van der Waals surface area contributed by atoms with Gasteiger partial charge in [0, 0.05) is 17.0 Å². The van der Waals surface area contributed by atoms with E-state index in [2.05, 4.69) is 99.6 Å². The molecule has 5 atom stereocenters. The predicted molar refractivity (Wildman–Crippen MR) is 237 cm³/mol. The summed E-state index contributed by atoms with van der Waals surface area (Å²) in [5, 5.41) is 0.641. The average molecular weight is 823 g/mol. The molecular weight excluding hydrogens is 768 g/mol. The normalized spacial score (nSPS) is 21.9. The van der Waals surface area contributed by atoms with Crippen LogP contribution in [0.25, 0.3) is 0 Å². The lowest BCUT2D eigenvalue weighted by Gasteiger charge is -2.57. The van der Waals surface area contributed by atoms with Gasteiger partial charge < -0.3 is 28.4 Å². The highest BCUT2D eigenvalue weighted by molar-refractivity contribution is 6.31. The van der Waals surface area contributed by atoms with Crippen molar-refractivity contribution in [2.24, 2.45) is 0 Å². The molecule has 1 fully saturated rings. The minimum Gasteiger partial charge on any atom is -0.487 e.